The smallest absolute Gasteiger partial charge is 0.193 e. The van der Waals surface area contributed by atoms with Crippen LogP contribution in [0, 0.1) is 6.92 Å². The topological polar surface area (TPSA) is 42.1 Å². The van der Waals surface area contributed by atoms with Crippen LogP contribution in [-0.2, 0) is 12.8 Å². The quantitative estimate of drug-likeness (QED) is 0.627. The van der Waals surface area contributed by atoms with Crippen LogP contribution in [0.5, 0.6) is 5.75 Å². The summed E-state index contributed by atoms with van der Waals surface area (Å²) in [5.41, 5.74) is 4.83. The molecule has 1 N–H and O–H groups in total. The molecule has 0 bridgehead atoms. The molecular formula is C22H23NO2. The van der Waals surface area contributed by atoms with Crippen molar-refractivity contribution in [3.8, 4) is 16.9 Å². The standard InChI is InChI=1S/C22H23NO2/c1-4-8-17(5-2)25-18-13-11-16(12-14-18)21-15(3)23-20-10-7-6-9-19(20)22(21)24/h4-5,8,11-14H,1-2,6-7,9-10H2,3H3,(H,23,24)/b17-8+. The number of aromatic amines is 1. The molecule has 0 fully saturated rings. The SMILES string of the molecule is C=C/C=C(\C=C)Oc1ccc(-c2c(C)[nH]c3c(c2=O)CCCC3)cc1. The van der Waals surface area contributed by atoms with Gasteiger partial charge in [0, 0.05) is 22.5 Å². The van der Waals surface area contributed by atoms with E-state index in [0.717, 1.165) is 53.8 Å². The number of fused-ring (bicyclic) bond motifs is 1. The van der Waals surface area contributed by atoms with E-state index >= 15 is 0 Å². The maximum Gasteiger partial charge on any atom is 0.193 e. The average Bonchev–Trinajstić information content (AvgIpc) is 2.62. The van der Waals surface area contributed by atoms with Crippen LogP contribution in [0.25, 0.3) is 11.1 Å². The molecule has 0 saturated carbocycles. The molecule has 0 amide bonds. The Morgan fingerprint density at radius 2 is 1.88 bits per heavy atom. The molecule has 0 unspecified atom stereocenters. The Labute approximate surface area is 148 Å². The Morgan fingerprint density at radius 1 is 1.16 bits per heavy atom. The van der Waals surface area contributed by atoms with E-state index in [1.54, 1.807) is 18.2 Å². The Morgan fingerprint density at radius 3 is 2.56 bits per heavy atom. The summed E-state index contributed by atoms with van der Waals surface area (Å²) in [6, 6.07) is 7.59. The summed E-state index contributed by atoms with van der Waals surface area (Å²) in [6.45, 7) is 9.35. The van der Waals surface area contributed by atoms with Crippen LogP contribution < -0.4 is 10.2 Å². The van der Waals surface area contributed by atoms with Gasteiger partial charge in [0.05, 0.1) is 0 Å². The lowest BCUT2D eigenvalue weighted by atomic mass is 9.91. The molecule has 0 aliphatic heterocycles. The predicted molar refractivity (Wildman–Crippen MR) is 103 cm³/mol. The number of ether oxygens (including phenoxy) is 1. The van der Waals surface area contributed by atoms with Crippen LogP contribution in [0.1, 0.15) is 29.8 Å². The van der Waals surface area contributed by atoms with Gasteiger partial charge in [0.1, 0.15) is 11.5 Å². The lowest BCUT2D eigenvalue weighted by Gasteiger charge is -2.18. The minimum Gasteiger partial charge on any atom is -0.457 e. The Hall–Kier alpha value is -2.81. The normalized spacial score (nSPS) is 13.9. The number of hydrogen-bond acceptors (Lipinski definition) is 2. The molecule has 2 aromatic rings. The molecule has 1 aliphatic rings. The van der Waals surface area contributed by atoms with E-state index < -0.39 is 0 Å². The summed E-state index contributed by atoms with van der Waals surface area (Å²) < 4.78 is 5.73. The first-order valence-corrected chi connectivity index (χ1v) is 8.62. The first-order chi connectivity index (χ1) is 12.1. The van der Waals surface area contributed by atoms with Gasteiger partial charge in [-0.3, -0.25) is 4.79 Å². The lowest BCUT2D eigenvalue weighted by Crippen LogP contribution is -2.21. The number of benzene rings is 1. The summed E-state index contributed by atoms with van der Waals surface area (Å²) in [4.78, 5) is 16.4. The van der Waals surface area contributed by atoms with Crippen molar-refractivity contribution in [1.29, 1.82) is 0 Å². The largest absolute Gasteiger partial charge is 0.457 e. The molecule has 128 valence electrons. The number of rotatable bonds is 5. The van der Waals surface area contributed by atoms with Crippen LogP contribution in [0.3, 0.4) is 0 Å². The monoisotopic (exact) mass is 333 g/mol. The van der Waals surface area contributed by atoms with Crippen LogP contribution in [0.4, 0.5) is 0 Å². The summed E-state index contributed by atoms with van der Waals surface area (Å²) in [6.07, 6.45) is 9.12. The van der Waals surface area contributed by atoms with Crippen LogP contribution >= 0.6 is 0 Å². The summed E-state index contributed by atoms with van der Waals surface area (Å²) in [5, 5.41) is 0. The van der Waals surface area contributed by atoms with Crippen molar-refractivity contribution >= 4 is 0 Å². The van der Waals surface area contributed by atoms with E-state index in [2.05, 4.69) is 18.1 Å². The van der Waals surface area contributed by atoms with Gasteiger partial charge in [0.2, 0.25) is 0 Å². The summed E-state index contributed by atoms with van der Waals surface area (Å²) in [5.74, 6) is 1.33. The zero-order valence-corrected chi connectivity index (χ0v) is 14.6. The molecule has 1 aromatic carbocycles. The fraction of sp³-hybridized carbons (Fsp3) is 0.227. The zero-order chi connectivity index (χ0) is 17.8. The van der Waals surface area contributed by atoms with Crippen molar-refractivity contribution in [3.63, 3.8) is 0 Å². The number of aromatic nitrogens is 1. The predicted octanol–water partition coefficient (Wildman–Crippen LogP) is 4.86. The van der Waals surface area contributed by atoms with Crippen molar-refractivity contribution in [2.75, 3.05) is 0 Å². The van der Waals surface area contributed by atoms with Gasteiger partial charge in [-0.2, -0.15) is 0 Å². The fourth-order valence-corrected chi connectivity index (χ4v) is 3.34. The summed E-state index contributed by atoms with van der Waals surface area (Å²) >= 11 is 0. The van der Waals surface area contributed by atoms with Crippen LogP contribution in [0.15, 0.2) is 66.2 Å². The van der Waals surface area contributed by atoms with Gasteiger partial charge in [-0.1, -0.05) is 31.4 Å². The van der Waals surface area contributed by atoms with E-state index in [9.17, 15) is 4.79 Å². The average molecular weight is 333 g/mol. The molecule has 25 heavy (non-hydrogen) atoms. The van der Waals surface area contributed by atoms with Gasteiger partial charge in [-0.15, -0.1) is 0 Å². The third-order valence-corrected chi connectivity index (χ3v) is 4.54. The number of hydrogen-bond donors (Lipinski definition) is 1. The van der Waals surface area contributed by atoms with Crippen molar-refractivity contribution in [2.45, 2.75) is 32.6 Å². The minimum atomic E-state index is 0.165. The van der Waals surface area contributed by atoms with E-state index in [-0.39, 0.29) is 5.43 Å². The number of H-pyrrole nitrogens is 1. The Balaban J connectivity index is 1.95. The maximum atomic E-state index is 12.9. The van der Waals surface area contributed by atoms with Crippen LogP contribution in [0.2, 0.25) is 0 Å². The van der Waals surface area contributed by atoms with Crippen molar-refractivity contribution in [2.24, 2.45) is 0 Å². The molecule has 1 aromatic heterocycles. The highest BCUT2D eigenvalue weighted by Crippen LogP contribution is 2.26. The molecule has 3 nitrogen and oxygen atoms in total. The number of aryl methyl sites for hydroxylation is 2. The number of pyridine rings is 1. The van der Waals surface area contributed by atoms with Crippen molar-refractivity contribution in [1.82, 2.24) is 4.98 Å². The molecule has 3 rings (SSSR count). The molecule has 0 atom stereocenters. The molecule has 1 aliphatic carbocycles. The molecule has 0 saturated heterocycles. The third-order valence-electron chi connectivity index (χ3n) is 4.54. The lowest BCUT2D eigenvalue weighted by molar-refractivity contribution is 0.445. The second kappa shape index (κ2) is 7.39. The van der Waals surface area contributed by atoms with Crippen molar-refractivity contribution in [3.05, 3.63) is 88.6 Å². The fourth-order valence-electron chi connectivity index (χ4n) is 3.34. The van der Waals surface area contributed by atoms with E-state index in [1.165, 1.54) is 0 Å². The number of nitrogens with one attached hydrogen (secondary N) is 1. The molecule has 3 heteroatoms. The van der Waals surface area contributed by atoms with E-state index in [4.69, 9.17) is 4.74 Å². The molecule has 0 radical (unpaired) electrons. The second-order valence-electron chi connectivity index (χ2n) is 6.25. The van der Waals surface area contributed by atoms with Gasteiger partial charge >= 0.3 is 0 Å². The van der Waals surface area contributed by atoms with Gasteiger partial charge in [-0.25, -0.2) is 0 Å². The van der Waals surface area contributed by atoms with Gasteiger partial charge in [0.15, 0.2) is 5.43 Å². The maximum absolute atomic E-state index is 12.9. The highest BCUT2D eigenvalue weighted by atomic mass is 16.5. The highest BCUT2D eigenvalue weighted by Gasteiger charge is 2.18. The molecule has 1 heterocycles. The first kappa shape index (κ1) is 17.0. The Bertz CT molecular complexity index is 885. The van der Waals surface area contributed by atoms with E-state index in [1.807, 2.05) is 31.2 Å². The molecular weight excluding hydrogens is 310 g/mol. The second-order valence-corrected chi connectivity index (χ2v) is 6.25. The van der Waals surface area contributed by atoms with Crippen LogP contribution in [-0.4, -0.2) is 4.98 Å². The third kappa shape index (κ3) is 3.50. The molecule has 0 spiro atoms. The van der Waals surface area contributed by atoms with E-state index in [0.29, 0.717) is 11.5 Å². The van der Waals surface area contributed by atoms with Gasteiger partial charge in [0.25, 0.3) is 0 Å². The van der Waals surface area contributed by atoms with Gasteiger partial charge in [-0.05, 0) is 62.5 Å². The number of allylic oxidation sites excluding steroid dienone is 3. The minimum absolute atomic E-state index is 0.165. The first-order valence-electron chi connectivity index (χ1n) is 8.62. The Kier molecular flexibility index (Phi) is 5.03. The van der Waals surface area contributed by atoms with Crippen molar-refractivity contribution < 1.29 is 4.74 Å². The van der Waals surface area contributed by atoms with Gasteiger partial charge < -0.3 is 9.72 Å². The summed E-state index contributed by atoms with van der Waals surface area (Å²) in [7, 11) is 0. The zero-order valence-electron chi connectivity index (χ0n) is 14.6. The highest BCUT2D eigenvalue weighted by molar-refractivity contribution is 5.67.